The highest BCUT2D eigenvalue weighted by Gasteiger charge is 2.11. The van der Waals surface area contributed by atoms with Gasteiger partial charge in [0.25, 0.3) is 0 Å². The number of alkyl halides is 1. The van der Waals surface area contributed by atoms with E-state index >= 15 is 0 Å². The van der Waals surface area contributed by atoms with Crippen molar-refractivity contribution < 1.29 is 9.59 Å². The quantitative estimate of drug-likeness (QED) is 0.634. The summed E-state index contributed by atoms with van der Waals surface area (Å²) in [6, 6.07) is 5.29. The summed E-state index contributed by atoms with van der Waals surface area (Å²) in [5.41, 5.74) is 1.91. The van der Waals surface area contributed by atoms with E-state index in [4.69, 9.17) is 11.6 Å². The fourth-order valence-electron chi connectivity index (χ4n) is 1.30. The first-order valence-corrected chi connectivity index (χ1v) is 5.06. The number of nitrogens with one attached hydrogen (secondary N) is 1. The monoisotopic (exact) mass is 225 g/mol. The van der Waals surface area contributed by atoms with Gasteiger partial charge in [0.05, 0.1) is 5.69 Å². The Bertz CT molecular complexity index is 402. The second-order valence-corrected chi connectivity index (χ2v) is 3.50. The van der Waals surface area contributed by atoms with E-state index in [1.54, 1.807) is 12.1 Å². The molecule has 0 aliphatic heterocycles. The zero-order valence-electron chi connectivity index (χ0n) is 8.63. The minimum atomic E-state index is -0.312. The second kappa shape index (κ2) is 4.94. The van der Waals surface area contributed by atoms with Gasteiger partial charge in [-0.3, -0.25) is 9.59 Å². The van der Waals surface area contributed by atoms with Gasteiger partial charge in [0.2, 0.25) is 5.91 Å². The zero-order chi connectivity index (χ0) is 11.4. The molecule has 0 aliphatic rings. The number of aryl methyl sites for hydroxylation is 1. The van der Waals surface area contributed by atoms with Gasteiger partial charge in [0.15, 0.2) is 5.78 Å². The fourth-order valence-corrected chi connectivity index (χ4v) is 1.37. The molecule has 1 amide bonds. The van der Waals surface area contributed by atoms with Crippen LogP contribution in [0.25, 0.3) is 0 Å². The number of amides is 1. The summed E-state index contributed by atoms with van der Waals surface area (Å²) in [6.45, 7) is 3.29. The van der Waals surface area contributed by atoms with Crippen molar-refractivity contribution in [1.82, 2.24) is 0 Å². The van der Waals surface area contributed by atoms with Crippen LogP contribution in [0.4, 0.5) is 5.69 Å². The highest BCUT2D eigenvalue weighted by molar-refractivity contribution is 6.29. The Labute approximate surface area is 93.4 Å². The summed E-state index contributed by atoms with van der Waals surface area (Å²) < 4.78 is 0. The van der Waals surface area contributed by atoms with Crippen molar-refractivity contribution in [3.63, 3.8) is 0 Å². The maximum absolute atomic E-state index is 11.3. The number of hydrogen-bond donors (Lipinski definition) is 1. The predicted molar refractivity (Wildman–Crippen MR) is 60.5 cm³/mol. The van der Waals surface area contributed by atoms with Crippen molar-refractivity contribution in [3.05, 3.63) is 29.3 Å². The van der Waals surface area contributed by atoms with Crippen LogP contribution in [0.3, 0.4) is 0 Å². The van der Waals surface area contributed by atoms with Crippen molar-refractivity contribution in [2.45, 2.75) is 13.8 Å². The van der Waals surface area contributed by atoms with Crippen LogP contribution in [-0.4, -0.2) is 17.6 Å². The number of Topliss-reactive ketones (excluding diaryl/α,β-unsaturated/α-hetero) is 1. The van der Waals surface area contributed by atoms with Gasteiger partial charge in [-0.15, -0.1) is 11.6 Å². The number of hydrogen-bond acceptors (Lipinski definition) is 2. The molecule has 4 heteroatoms. The Hall–Kier alpha value is -1.35. The predicted octanol–water partition coefficient (Wildman–Crippen LogP) is 2.37. The molecule has 0 saturated carbocycles. The summed E-state index contributed by atoms with van der Waals surface area (Å²) in [5.74, 6) is -0.511. The van der Waals surface area contributed by atoms with E-state index in [0.29, 0.717) is 11.3 Å². The van der Waals surface area contributed by atoms with E-state index in [9.17, 15) is 9.59 Å². The Morgan fingerprint density at radius 1 is 1.40 bits per heavy atom. The minimum Gasteiger partial charge on any atom is -0.324 e. The lowest BCUT2D eigenvalue weighted by Crippen LogP contribution is -2.16. The highest BCUT2D eigenvalue weighted by atomic mass is 35.5. The van der Waals surface area contributed by atoms with Crippen LogP contribution >= 0.6 is 11.6 Å². The molecule has 0 unspecified atom stereocenters. The third-order valence-electron chi connectivity index (χ3n) is 2.04. The van der Waals surface area contributed by atoms with Crippen molar-refractivity contribution in [2.24, 2.45) is 0 Å². The largest absolute Gasteiger partial charge is 0.324 e. The topological polar surface area (TPSA) is 46.2 Å². The molecule has 0 saturated heterocycles. The maximum atomic E-state index is 11.3. The lowest BCUT2D eigenvalue weighted by Gasteiger charge is -2.10. The second-order valence-electron chi connectivity index (χ2n) is 3.24. The average molecular weight is 226 g/mol. The first-order chi connectivity index (χ1) is 7.06. The SMILES string of the molecule is CC(=O)c1cccc(C)c1NC(=O)CCl. The number of anilines is 1. The molecule has 0 bridgehead atoms. The molecule has 0 aliphatic carbocycles. The van der Waals surface area contributed by atoms with E-state index in [1.165, 1.54) is 6.92 Å². The molecule has 80 valence electrons. The van der Waals surface area contributed by atoms with Gasteiger partial charge in [-0.2, -0.15) is 0 Å². The zero-order valence-corrected chi connectivity index (χ0v) is 9.39. The molecule has 1 N–H and O–H groups in total. The Balaban J connectivity index is 3.13. The number of carbonyl (C=O) groups excluding carboxylic acids is 2. The number of carbonyl (C=O) groups is 2. The summed E-state index contributed by atoms with van der Waals surface area (Å²) in [6.07, 6.45) is 0. The van der Waals surface area contributed by atoms with Gasteiger partial charge in [0.1, 0.15) is 5.88 Å². The van der Waals surface area contributed by atoms with E-state index in [1.807, 2.05) is 13.0 Å². The molecule has 0 aromatic heterocycles. The highest BCUT2D eigenvalue weighted by Crippen LogP contribution is 2.20. The summed E-state index contributed by atoms with van der Waals surface area (Å²) in [5, 5.41) is 2.62. The van der Waals surface area contributed by atoms with Crippen LogP contribution in [0.1, 0.15) is 22.8 Å². The molecule has 1 aromatic carbocycles. The third-order valence-corrected chi connectivity index (χ3v) is 2.28. The first kappa shape index (κ1) is 11.7. The molecule has 0 spiro atoms. The molecule has 3 nitrogen and oxygen atoms in total. The van der Waals surface area contributed by atoms with E-state index in [-0.39, 0.29) is 17.6 Å². The van der Waals surface area contributed by atoms with Crippen LogP contribution in [0.15, 0.2) is 18.2 Å². The number of benzene rings is 1. The van der Waals surface area contributed by atoms with Crippen LogP contribution in [0.5, 0.6) is 0 Å². The summed E-state index contributed by atoms with van der Waals surface area (Å²) in [4.78, 5) is 22.5. The fraction of sp³-hybridized carbons (Fsp3) is 0.273. The van der Waals surface area contributed by atoms with Crippen LogP contribution in [0.2, 0.25) is 0 Å². The molecule has 0 radical (unpaired) electrons. The molecule has 15 heavy (non-hydrogen) atoms. The maximum Gasteiger partial charge on any atom is 0.239 e. The third kappa shape index (κ3) is 2.80. The van der Waals surface area contributed by atoms with Crippen LogP contribution in [0, 0.1) is 6.92 Å². The Kier molecular flexibility index (Phi) is 3.86. The van der Waals surface area contributed by atoms with Crippen molar-refractivity contribution in [2.75, 3.05) is 11.2 Å². The van der Waals surface area contributed by atoms with E-state index in [2.05, 4.69) is 5.32 Å². The Morgan fingerprint density at radius 2 is 2.07 bits per heavy atom. The number of halogens is 1. The minimum absolute atomic E-state index is 0.0800. The van der Waals surface area contributed by atoms with Crippen molar-refractivity contribution in [3.8, 4) is 0 Å². The molecule has 1 aromatic rings. The summed E-state index contributed by atoms with van der Waals surface area (Å²) in [7, 11) is 0. The van der Waals surface area contributed by atoms with Gasteiger partial charge >= 0.3 is 0 Å². The van der Waals surface area contributed by atoms with Gasteiger partial charge in [0, 0.05) is 5.56 Å². The smallest absolute Gasteiger partial charge is 0.239 e. The van der Waals surface area contributed by atoms with Crippen LogP contribution < -0.4 is 5.32 Å². The Morgan fingerprint density at radius 3 is 2.60 bits per heavy atom. The van der Waals surface area contributed by atoms with E-state index in [0.717, 1.165) is 5.56 Å². The van der Waals surface area contributed by atoms with Crippen molar-refractivity contribution >= 4 is 29.0 Å². The lowest BCUT2D eigenvalue weighted by molar-refractivity contribution is -0.113. The van der Waals surface area contributed by atoms with Gasteiger partial charge < -0.3 is 5.32 Å². The van der Waals surface area contributed by atoms with E-state index < -0.39 is 0 Å². The van der Waals surface area contributed by atoms with Crippen molar-refractivity contribution in [1.29, 1.82) is 0 Å². The molecular weight excluding hydrogens is 214 g/mol. The standard InChI is InChI=1S/C11H12ClNO2/c1-7-4-3-5-9(8(2)14)11(7)13-10(15)6-12/h3-5H,6H2,1-2H3,(H,13,15). The number of rotatable bonds is 3. The number of para-hydroxylation sites is 1. The van der Waals surface area contributed by atoms with Crippen LogP contribution in [-0.2, 0) is 4.79 Å². The molecule has 0 heterocycles. The van der Waals surface area contributed by atoms with Gasteiger partial charge in [-0.1, -0.05) is 12.1 Å². The molecule has 0 atom stereocenters. The van der Waals surface area contributed by atoms with Gasteiger partial charge in [-0.05, 0) is 25.5 Å². The average Bonchev–Trinajstić information content (AvgIpc) is 2.20. The molecular formula is C11H12ClNO2. The first-order valence-electron chi connectivity index (χ1n) is 4.52. The summed E-state index contributed by atoms with van der Waals surface area (Å²) >= 11 is 5.39. The normalized spacial score (nSPS) is 9.80. The lowest BCUT2D eigenvalue weighted by atomic mass is 10.1. The molecule has 0 fully saturated rings. The van der Waals surface area contributed by atoms with Gasteiger partial charge in [-0.25, -0.2) is 0 Å². The number of ketones is 1. The molecule has 1 rings (SSSR count).